The summed E-state index contributed by atoms with van der Waals surface area (Å²) in [5, 5.41) is 9.66. The third kappa shape index (κ3) is 5.22. The lowest BCUT2D eigenvalue weighted by Crippen LogP contribution is -2.00. The molecule has 0 N–H and O–H groups in total. The molecule has 0 atom stereocenters. The first kappa shape index (κ1) is 32.6. The first-order valence-electron chi connectivity index (χ1n) is 19.1. The number of hydrogen-bond acceptors (Lipinski definition) is 3. The number of nitrogens with zero attached hydrogens (tertiary/aromatic N) is 4. The minimum Gasteiger partial charge on any atom is -0.309 e. The second kappa shape index (κ2) is 13.2. The molecule has 0 aliphatic carbocycles. The minimum atomic E-state index is 0.618. The molecule has 4 nitrogen and oxygen atoms in total. The van der Waals surface area contributed by atoms with Crippen molar-refractivity contribution in [2.24, 2.45) is 0 Å². The second-order valence-electron chi connectivity index (χ2n) is 14.3. The Bertz CT molecular complexity index is 3340. The highest BCUT2D eigenvalue weighted by Crippen LogP contribution is 2.47. The van der Waals surface area contributed by atoms with Gasteiger partial charge in [-0.1, -0.05) is 158 Å². The number of aromatic nitrogens is 4. The predicted octanol–water partition coefficient (Wildman–Crippen LogP) is 13.1. The largest absolute Gasteiger partial charge is 0.309 e. The lowest BCUT2D eigenvalue weighted by molar-refractivity contribution is 1.07. The third-order valence-corrected chi connectivity index (χ3v) is 11.1. The smallest absolute Gasteiger partial charge is 0.164 e. The number of benzene rings is 9. The van der Waals surface area contributed by atoms with Crippen molar-refractivity contribution in [2.45, 2.75) is 0 Å². The molecule has 9 aromatic carbocycles. The highest BCUT2D eigenvalue weighted by Gasteiger charge is 2.23. The van der Waals surface area contributed by atoms with E-state index >= 15 is 0 Å². The van der Waals surface area contributed by atoms with Crippen LogP contribution in [0.5, 0.6) is 0 Å². The molecule has 0 bridgehead atoms. The Morgan fingerprint density at radius 2 is 0.842 bits per heavy atom. The molecule has 264 valence electrons. The van der Waals surface area contributed by atoms with Gasteiger partial charge < -0.3 is 4.57 Å². The molecule has 11 rings (SSSR count). The van der Waals surface area contributed by atoms with Crippen LogP contribution in [-0.2, 0) is 0 Å². The van der Waals surface area contributed by atoms with Crippen molar-refractivity contribution in [1.82, 2.24) is 19.5 Å². The number of rotatable bonds is 5. The maximum atomic E-state index is 6.13. The Kier molecular flexibility index (Phi) is 7.52. The molecule has 0 saturated carbocycles. The van der Waals surface area contributed by atoms with E-state index in [2.05, 4.69) is 126 Å². The molecule has 0 aliphatic rings. The Morgan fingerprint density at radius 3 is 1.44 bits per heavy atom. The van der Waals surface area contributed by atoms with Crippen LogP contribution >= 0.6 is 0 Å². The van der Waals surface area contributed by atoms with Crippen LogP contribution in [0.25, 0.3) is 105 Å². The summed E-state index contributed by atoms with van der Waals surface area (Å²) in [7, 11) is 0. The molecule has 2 heterocycles. The van der Waals surface area contributed by atoms with Gasteiger partial charge in [0.2, 0.25) is 0 Å². The number of hydrogen-bond donors (Lipinski definition) is 0. The normalized spacial score (nSPS) is 11.5. The number of terminal acetylenes is 1. The van der Waals surface area contributed by atoms with E-state index in [4.69, 9.17) is 21.4 Å². The predicted molar refractivity (Wildman–Crippen MR) is 236 cm³/mol. The summed E-state index contributed by atoms with van der Waals surface area (Å²) in [5.41, 5.74) is 9.10. The van der Waals surface area contributed by atoms with Crippen molar-refractivity contribution in [3.8, 4) is 63.3 Å². The van der Waals surface area contributed by atoms with Crippen LogP contribution in [0, 0.1) is 12.3 Å². The van der Waals surface area contributed by atoms with Crippen LogP contribution < -0.4 is 0 Å². The number of fused-ring (bicyclic) bond motifs is 10. The Morgan fingerprint density at radius 1 is 0.386 bits per heavy atom. The molecule has 0 amide bonds. The Labute approximate surface area is 329 Å². The minimum absolute atomic E-state index is 0.618. The van der Waals surface area contributed by atoms with Gasteiger partial charge in [0.25, 0.3) is 0 Å². The third-order valence-electron chi connectivity index (χ3n) is 11.1. The molecule has 11 aromatic rings. The molecule has 0 saturated heterocycles. The van der Waals surface area contributed by atoms with Gasteiger partial charge in [-0.05, 0) is 74.5 Å². The quantitative estimate of drug-likeness (QED) is 0.131. The molecule has 4 heteroatoms. The van der Waals surface area contributed by atoms with Gasteiger partial charge in [0.05, 0.1) is 11.0 Å². The monoisotopic (exact) mass is 724 g/mol. The molecule has 57 heavy (non-hydrogen) atoms. The van der Waals surface area contributed by atoms with Crippen LogP contribution in [0.15, 0.2) is 188 Å². The van der Waals surface area contributed by atoms with Gasteiger partial charge in [-0.3, -0.25) is 0 Å². The van der Waals surface area contributed by atoms with Crippen LogP contribution in [0.3, 0.4) is 0 Å². The maximum absolute atomic E-state index is 6.13. The van der Waals surface area contributed by atoms with Crippen molar-refractivity contribution >= 4 is 54.1 Å². The van der Waals surface area contributed by atoms with Gasteiger partial charge in [-0.15, -0.1) is 6.42 Å². The fraction of sp³-hybridized carbons (Fsp3) is 0. The molecular weight excluding hydrogens is 693 g/mol. The van der Waals surface area contributed by atoms with E-state index in [0.29, 0.717) is 17.5 Å². The van der Waals surface area contributed by atoms with Crippen molar-refractivity contribution in [3.05, 3.63) is 194 Å². The lowest BCUT2D eigenvalue weighted by atomic mass is 9.91. The first-order valence-corrected chi connectivity index (χ1v) is 19.1. The molecule has 0 radical (unpaired) electrons. The molecule has 2 aromatic heterocycles. The summed E-state index contributed by atoms with van der Waals surface area (Å²) in [6.45, 7) is 0. The fourth-order valence-corrected chi connectivity index (χ4v) is 8.56. The van der Waals surface area contributed by atoms with Gasteiger partial charge in [-0.2, -0.15) is 0 Å². The van der Waals surface area contributed by atoms with Crippen LogP contribution in [-0.4, -0.2) is 19.5 Å². The van der Waals surface area contributed by atoms with Gasteiger partial charge in [-0.25, -0.2) is 15.0 Å². The zero-order chi connectivity index (χ0) is 37.9. The van der Waals surface area contributed by atoms with E-state index in [1.54, 1.807) is 0 Å². The molecule has 0 unspecified atom stereocenters. The van der Waals surface area contributed by atoms with Gasteiger partial charge in [0, 0.05) is 44.1 Å². The summed E-state index contributed by atoms with van der Waals surface area (Å²) in [6.07, 6.45) is 6.13. The van der Waals surface area contributed by atoms with Crippen LogP contribution in [0.4, 0.5) is 0 Å². The van der Waals surface area contributed by atoms with E-state index < -0.39 is 0 Å². The van der Waals surface area contributed by atoms with E-state index in [1.807, 2.05) is 72.8 Å². The second-order valence-corrected chi connectivity index (χ2v) is 14.3. The molecule has 0 aliphatic heterocycles. The standard InChI is InChI=1S/C53H32N4/c1-2-34-17-9-10-22-39(34)46-33-47-48(43-26-14-12-25-42(43)46)49-44-27-15-11-23-40(44)41-24-13-16-28-45(41)50(49)57(47)38-31-29-37(30-32-38)53-55-51(35-18-5-3-6-19-35)54-52(56-53)36-20-7-4-8-21-36/h1,3-33H. The van der Waals surface area contributed by atoms with Gasteiger partial charge in [0.15, 0.2) is 17.5 Å². The highest BCUT2D eigenvalue weighted by molar-refractivity contribution is 6.36. The van der Waals surface area contributed by atoms with Crippen molar-refractivity contribution in [3.63, 3.8) is 0 Å². The van der Waals surface area contributed by atoms with Gasteiger partial charge >= 0.3 is 0 Å². The average Bonchev–Trinajstić information content (AvgIpc) is 3.65. The Balaban J connectivity index is 1.22. The van der Waals surface area contributed by atoms with Crippen molar-refractivity contribution < 1.29 is 0 Å². The van der Waals surface area contributed by atoms with Crippen LogP contribution in [0.1, 0.15) is 5.56 Å². The van der Waals surface area contributed by atoms with E-state index in [0.717, 1.165) is 55.5 Å². The highest BCUT2D eigenvalue weighted by atomic mass is 15.0. The van der Waals surface area contributed by atoms with Crippen molar-refractivity contribution in [2.75, 3.05) is 0 Å². The van der Waals surface area contributed by atoms with E-state index in [9.17, 15) is 0 Å². The summed E-state index contributed by atoms with van der Waals surface area (Å²) < 4.78 is 2.44. The first-order chi connectivity index (χ1) is 28.2. The zero-order valence-electron chi connectivity index (χ0n) is 30.8. The zero-order valence-corrected chi connectivity index (χ0v) is 30.8. The van der Waals surface area contributed by atoms with Crippen LogP contribution in [0.2, 0.25) is 0 Å². The Hall–Kier alpha value is -7.87. The fourth-order valence-electron chi connectivity index (χ4n) is 8.56. The lowest BCUT2D eigenvalue weighted by Gasteiger charge is -2.14. The van der Waals surface area contributed by atoms with Crippen molar-refractivity contribution in [1.29, 1.82) is 0 Å². The molecule has 0 fully saturated rings. The van der Waals surface area contributed by atoms with Gasteiger partial charge in [0.1, 0.15) is 0 Å². The maximum Gasteiger partial charge on any atom is 0.164 e. The summed E-state index contributed by atoms with van der Waals surface area (Å²) in [4.78, 5) is 14.9. The summed E-state index contributed by atoms with van der Waals surface area (Å²) in [5.74, 6) is 4.84. The summed E-state index contributed by atoms with van der Waals surface area (Å²) >= 11 is 0. The topological polar surface area (TPSA) is 43.6 Å². The van der Waals surface area contributed by atoms with E-state index in [1.165, 1.54) is 37.7 Å². The average molecular weight is 725 g/mol. The molecule has 0 spiro atoms. The van der Waals surface area contributed by atoms with E-state index in [-0.39, 0.29) is 0 Å². The SMILES string of the molecule is C#Cc1ccccc1-c1cc2c(c3ccccc13)c1c3ccccc3c3ccccc3c1n2-c1ccc(-c2nc(-c3ccccc3)nc(-c3ccccc3)n2)cc1. The molecular formula is C53H32N4. The summed E-state index contributed by atoms with van der Waals surface area (Å²) in [6, 6.07) is 65.7.